The molecule has 1 N–H and O–H groups in total. The van der Waals surface area contributed by atoms with Gasteiger partial charge in [-0.25, -0.2) is 0 Å². The van der Waals surface area contributed by atoms with Gasteiger partial charge in [-0.2, -0.15) is 11.8 Å². The van der Waals surface area contributed by atoms with Gasteiger partial charge < -0.3 is 5.32 Å². The minimum Gasteiger partial charge on any atom is -0.319 e. The number of hydrogen-bond acceptors (Lipinski definition) is 2. The van der Waals surface area contributed by atoms with E-state index in [1.165, 1.54) is 25.1 Å². The van der Waals surface area contributed by atoms with Gasteiger partial charge in [0.15, 0.2) is 0 Å². The predicted octanol–water partition coefficient (Wildman–Crippen LogP) is 2.62. The Morgan fingerprint density at radius 3 is 2.42 bits per heavy atom. The number of hydrogen-bond donors (Lipinski definition) is 1. The molecule has 0 aromatic carbocycles. The molecule has 0 radical (unpaired) electrons. The zero-order valence-corrected chi connectivity index (χ0v) is 9.71. The molecule has 0 aliphatic heterocycles. The van der Waals surface area contributed by atoms with E-state index in [4.69, 9.17) is 0 Å². The first-order valence-electron chi connectivity index (χ1n) is 4.84. The van der Waals surface area contributed by atoms with E-state index >= 15 is 0 Å². The van der Waals surface area contributed by atoms with Crippen molar-refractivity contribution in [2.75, 3.05) is 25.6 Å². The number of nitrogens with one attached hydrogen (secondary N) is 1. The van der Waals surface area contributed by atoms with E-state index < -0.39 is 0 Å². The predicted molar refractivity (Wildman–Crippen MR) is 59.9 cm³/mol. The summed E-state index contributed by atoms with van der Waals surface area (Å²) in [7, 11) is 2.05. The van der Waals surface area contributed by atoms with Gasteiger partial charge >= 0.3 is 0 Å². The molecule has 0 aliphatic rings. The standard InChI is InChI=1S/C10H23NS/c1-9(2)7-10(8-11-3)5-6-12-4/h9-11H,5-8H2,1-4H3. The quantitative estimate of drug-likeness (QED) is 0.661. The van der Waals surface area contributed by atoms with Crippen LogP contribution in [0.4, 0.5) is 0 Å². The van der Waals surface area contributed by atoms with Crippen LogP contribution in [0, 0.1) is 11.8 Å². The zero-order chi connectivity index (χ0) is 9.40. The number of thioether (sulfide) groups is 1. The Bertz CT molecular complexity index is 93.8. The molecule has 0 aromatic heterocycles. The van der Waals surface area contributed by atoms with Gasteiger partial charge in [0.25, 0.3) is 0 Å². The van der Waals surface area contributed by atoms with Gasteiger partial charge in [-0.15, -0.1) is 0 Å². The first kappa shape index (κ1) is 12.3. The maximum Gasteiger partial charge on any atom is -0.00231 e. The summed E-state index contributed by atoms with van der Waals surface area (Å²) in [6.07, 6.45) is 4.91. The maximum absolute atomic E-state index is 3.27. The van der Waals surface area contributed by atoms with E-state index in [9.17, 15) is 0 Å². The van der Waals surface area contributed by atoms with Crippen LogP contribution in [0.2, 0.25) is 0 Å². The third kappa shape index (κ3) is 6.99. The van der Waals surface area contributed by atoms with Crippen molar-refractivity contribution in [3.63, 3.8) is 0 Å². The van der Waals surface area contributed by atoms with Crippen LogP contribution < -0.4 is 5.32 Å². The summed E-state index contributed by atoms with van der Waals surface area (Å²) in [5.41, 5.74) is 0. The highest BCUT2D eigenvalue weighted by Crippen LogP contribution is 2.16. The Morgan fingerprint density at radius 2 is 2.00 bits per heavy atom. The molecule has 0 heterocycles. The third-order valence-corrected chi connectivity index (χ3v) is 2.67. The summed E-state index contributed by atoms with van der Waals surface area (Å²) in [6.45, 7) is 5.79. The summed E-state index contributed by atoms with van der Waals surface area (Å²) in [5.74, 6) is 3.02. The van der Waals surface area contributed by atoms with Crippen LogP contribution in [-0.2, 0) is 0 Å². The highest BCUT2D eigenvalue weighted by atomic mass is 32.2. The molecule has 74 valence electrons. The average Bonchev–Trinajstić information content (AvgIpc) is 2.00. The van der Waals surface area contributed by atoms with E-state index in [1.807, 2.05) is 18.8 Å². The largest absolute Gasteiger partial charge is 0.319 e. The molecule has 1 atom stereocenters. The smallest absolute Gasteiger partial charge is 0.00231 e. The van der Waals surface area contributed by atoms with Crippen molar-refractivity contribution in [2.24, 2.45) is 11.8 Å². The second-order valence-corrected chi connectivity index (χ2v) is 4.82. The highest BCUT2D eigenvalue weighted by molar-refractivity contribution is 7.98. The van der Waals surface area contributed by atoms with Gasteiger partial charge in [0, 0.05) is 0 Å². The van der Waals surface area contributed by atoms with Crippen molar-refractivity contribution in [2.45, 2.75) is 26.7 Å². The van der Waals surface area contributed by atoms with Gasteiger partial charge in [-0.1, -0.05) is 13.8 Å². The molecule has 1 nitrogen and oxygen atoms in total. The molecule has 0 aromatic rings. The Kier molecular flexibility index (Phi) is 8.14. The fraction of sp³-hybridized carbons (Fsp3) is 1.00. The van der Waals surface area contributed by atoms with Crippen LogP contribution in [0.25, 0.3) is 0 Å². The molecule has 2 heteroatoms. The molecule has 0 bridgehead atoms. The second kappa shape index (κ2) is 7.93. The zero-order valence-electron chi connectivity index (χ0n) is 8.89. The first-order chi connectivity index (χ1) is 5.70. The Morgan fingerprint density at radius 1 is 1.33 bits per heavy atom. The van der Waals surface area contributed by atoms with Gasteiger partial charge in [0.05, 0.1) is 0 Å². The lowest BCUT2D eigenvalue weighted by Gasteiger charge is -2.17. The molecule has 0 saturated carbocycles. The van der Waals surface area contributed by atoms with E-state index in [0.29, 0.717) is 0 Å². The van der Waals surface area contributed by atoms with Crippen LogP contribution in [0.1, 0.15) is 26.7 Å². The van der Waals surface area contributed by atoms with Crippen LogP contribution in [-0.4, -0.2) is 25.6 Å². The lowest BCUT2D eigenvalue weighted by Crippen LogP contribution is -2.20. The molecule has 1 unspecified atom stereocenters. The third-order valence-electron chi connectivity index (χ3n) is 2.03. The van der Waals surface area contributed by atoms with Gasteiger partial charge in [0.2, 0.25) is 0 Å². The summed E-state index contributed by atoms with van der Waals surface area (Å²) in [6, 6.07) is 0. The molecular formula is C10H23NS. The summed E-state index contributed by atoms with van der Waals surface area (Å²) in [4.78, 5) is 0. The summed E-state index contributed by atoms with van der Waals surface area (Å²) in [5, 5.41) is 3.27. The molecule has 0 rings (SSSR count). The van der Waals surface area contributed by atoms with Crippen LogP contribution in [0.5, 0.6) is 0 Å². The maximum atomic E-state index is 3.27. The molecule has 0 spiro atoms. The molecule has 0 saturated heterocycles. The van der Waals surface area contributed by atoms with Crippen LogP contribution in [0.3, 0.4) is 0 Å². The van der Waals surface area contributed by atoms with Crippen molar-refractivity contribution in [1.29, 1.82) is 0 Å². The normalized spacial score (nSPS) is 13.8. The van der Waals surface area contributed by atoms with Gasteiger partial charge in [0.1, 0.15) is 0 Å². The van der Waals surface area contributed by atoms with E-state index in [1.54, 1.807) is 0 Å². The topological polar surface area (TPSA) is 12.0 Å². The Labute approximate surface area is 81.7 Å². The van der Waals surface area contributed by atoms with Crippen molar-refractivity contribution in [3.05, 3.63) is 0 Å². The van der Waals surface area contributed by atoms with E-state index in [2.05, 4.69) is 25.4 Å². The monoisotopic (exact) mass is 189 g/mol. The average molecular weight is 189 g/mol. The van der Waals surface area contributed by atoms with Crippen molar-refractivity contribution < 1.29 is 0 Å². The highest BCUT2D eigenvalue weighted by Gasteiger charge is 2.08. The molecule has 12 heavy (non-hydrogen) atoms. The fourth-order valence-corrected chi connectivity index (χ4v) is 2.11. The SMILES string of the molecule is CNCC(CCSC)CC(C)C. The Hall–Kier alpha value is 0.310. The van der Waals surface area contributed by atoms with E-state index in [-0.39, 0.29) is 0 Å². The summed E-state index contributed by atoms with van der Waals surface area (Å²) >= 11 is 1.96. The Balaban J connectivity index is 3.54. The van der Waals surface area contributed by atoms with E-state index in [0.717, 1.165) is 11.8 Å². The minimum absolute atomic E-state index is 0.838. The molecular weight excluding hydrogens is 166 g/mol. The molecule has 0 aliphatic carbocycles. The van der Waals surface area contributed by atoms with Crippen molar-refractivity contribution in [3.8, 4) is 0 Å². The fourth-order valence-electron chi connectivity index (χ4n) is 1.54. The van der Waals surface area contributed by atoms with Crippen molar-refractivity contribution >= 4 is 11.8 Å². The van der Waals surface area contributed by atoms with Gasteiger partial charge in [-0.3, -0.25) is 0 Å². The summed E-state index contributed by atoms with van der Waals surface area (Å²) < 4.78 is 0. The van der Waals surface area contributed by atoms with Crippen LogP contribution in [0.15, 0.2) is 0 Å². The number of rotatable bonds is 7. The molecule has 0 fully saturated rings. The van der Waals surface area contributed by atoms with Gasteiger partial charge in [-0.05, 0) is 50.3 Å². The van der Waals surface area contributed by atoms with Crippen molar-refractivity contribution in [1.82, 2.24) is 5.32 Å². The van der Waals surface area contributed by atoms with Crippen LogP contribution >= 0.6 is 11.8 Å². The lowest BCUT2D eigenvalue weighted by atomic mass is 9.95. The minimum atomic E-state index is 0.838. The second-order valence-electron chi connectivity index (χ2n) is 3.83. The lowest BCUT2D eigenvalue weighted by molar-refractivity contribution is 0.390. The first-order valence-corrected chi connectivity index (χ1v) is 6.23. The molecule has 0 amide bonds.